The highest BCUT2D eigenvalue weighted by Gasteiger charge is 2.26. The highest BCUT2D eigenvalue weighted by Crippen LogP contribution is 2.36. The summed E-state index contributed by atoms with van der Waals surface area (Å²) in [6.45, 7) is 3.96. The van der Waals surface area contributed by atoms with Crippen molar-refractivity contribution in [2.45, 2.75) is 25.9 Å². The van der Waals surface area contributed by atoms with Gasteiger partial charge in [-0.1, -0.05) is 37.0 Å². The number of halogens is 2. The molecule has 0 bridgehead atoms. The van der Waals surface area contributed by atoms with E-state index in [0.717, 1.165) is 5.69 Å². The zero-order chi connectivity index (χ0) is 15.0. The van der Waals surface area contributed by atoms with Gasteiger partial charge in [0.25, 0.3) is 0 Å². The van der Waals surface area contributed by atoms with Crippen molar-refractivity contribution in [3.63, 3.8) is 0 Å². The van der Waals surface area contributed by atoms with Crippen LogP contribution >= 0.6 is 23.2 Å². The fourth-order valence-electron chi connectivity index (χ4n) is 2.06. The summed E-state index contributed by atoms with van der Waals surface area (Å²) in [5.41, 5.74) is 7.50. The standard InChI is InChI=1S/C13H16Cl2N4O/c1-6(2)10-9(12(15)19(3)18-10)11(20)8-4-7(14)5-17-13(8)16/h4-6,11,20H,1-3H3,(H2,16,17). The summed E-state index contributed by atoms with van der Waals surface area (Å²) in [4.78, 5) is 3.95. The van der Waals surface area contributed by atoms with E-state index in [-0.39, 0.29) is 11.7 Å². The van der Waals surface area contributed by atoms with E-state index in [1.165, 1.54) is 10.9 Å². The zero-order valence-corrected chi connectivity index (χ0v) is 12.9. The molecule has 0 aliphatic carbocycles. The number of anilines is 1. The smallest absolute Gasteiger partial charge is 0.133 e. The van der Waals surface area contributed by atoms with Crippen molar-refractivity contribution in [3.8, 4) is 0 Å². The van der Waals surface area contributed by atoms with Gasteiger partial charge in [-0.15, -0.1) is 0 Å². The van der Waals surface area contributed by atoms with Crippen LogP contribution in [0.15, 0.2) is 12.3 Å². The number of aliphatic hydroxyl groups is 1. The fourth-order valence-corrected chi connectivity index (χ4v) is 2.46. The lowest BCUT2D eigenvalue weighted by molar-refractivity contribution is 0.219. The summed E-state index contributed by atoms with van der Waals surface area (Å²) in [7, 11) is 1.73. The molecule has 0 saturated heterocycles. The third-order valence-corrected chi connectivity index (χ3v) is 3.73. The number of nitrogen functional groups attached to an aromatic ring is 1. The molecule has 1 atom stereocenters. The fraction of sp³-hybridized carbons (Fsp3) is 0.385. The Bertz CT molecular complexity index is 640. The summed E-state index contributed by atoms with van der Waals surface area (Å²) >= 11 is 12.2. The van der Waals surface area contributed by atoms with Crippen LogP contribution in [0.25, 0.3) is 0 Å². The van der Waals surface area contributed by atoms with E-state index in [1.807, 2.05) is 13.8 Å². The number of aliphatic hydroxyl groups excluding tert-OH is 1. The molecule has 5 nitrogen and oxygen atoms in total. The minimum atomic E-state index is -1.01. The minimum absolute atomic E-state index is 0.117. The average Bonchev–Trinajstić information content (AvgIpc) is 2.68. The summed E-state index contributed by atoms with van der Waals surface area (Å²) < 4.78 is 1.53. The Kier molecular flexibility index (Phi) is 4.22. The van der Waals surface area contributed by atoms with Gasteiger partial charge in [-0.25, -0.2) is 4.98 Å². The molecule has 2 aromatic rings. The van der Waals surface area contributed by atoms with E-state index >= 15 is 0 Å². The molecule has 0 aliphatic rings. The number of aromatic nitrogens is 3. The molecule has 0 radical (unpaired) electrons. The van der Waals surface area contributed by atoms with E-state index in [1.54, 1.807) is 13.1 Å². The highest BCUT2D eigenvalue weighted by molar-refractivity contribution is 6.31. The number of nitrogens with zero attached hydrogens (tertiary/aromatic N) is 3. The molecule has 108 valence electrons. The van der Waals surface area contributed by atoms with Crippen LogP contribution in [0.5, 0.6) is 0 Å². The third-order valence-electron chi connectivity index (χ3n) is 3.07. The van der Waals surface area contributed by atoms with Gasteiger partial charge >= 0.3 is 0 Å². The maximum atomic E-state index is 10.6. The summed E-state index contributed by atoms with van der Waals surface area (Å²) in [6.07, 6.45) is 0.418. The first-order valence-corrected chi connectivity index (χ1v) is 6.89. The molecule has 3 N–H and O–H groups in total. The van der Waals surface area contributed by atoms with Crippen LogP contribution < -0.4 is 5.73 Å². The Morgan fingerprint density at radius 3 is 2.60 bits per heavy atom. The highest BCUT2D eigenvalue weighted by atomic mass is 35.5. The molecule has 20 heavy (non-hydrogen) atoms. The SMILES string of the molecule is CC(C)c1nn(C)c(Cl)c1C(O)c1cc(Cl)cnc1N. The van der Waals surface area contributed by atoms with Crippen LogP contribution in [0, 0.1) is 0 Å². The largest absolute Gasteiger partial charge is 0.383 e. The lowest BCUT2D eigenvalue weighted by atomic mass is 9.98. The van der Waals surface area contributed by atoms with E-state index in [4.69, 9.17) is 28.9 Å². The zero-order valence-electron chi connectivity index (χ0n) is 11.4. The number of nitrogens with two attached hydrogens (primary N) is 1. The predicted octanol–water partition coefficient (Wildman–Crippen LogP) is 2.91. The van der Waals surface area contributed by atoms with Crippen LogP contribution in [-0.2, 0) is 7.05 Å². The number of pyridine rings is 1. The maximum absolute atomic E-state index is 10.6. The van der Waals surface area contributed by atoms with Crippen molar-refractivity contribution in [2.75, 3.05) is 5.73 Å². The van der Waals surface area contributed by atoms with Crippen molar-refractivity contribution in [1.82, 2.24) is 14.8 Å². The number of hydrogen-bond donors (Lipinski definition) is 2. The Labute approximate surface area is 127 Å². The molecular weight excluding hydrogens is 299 g/mol. The molecule has 2 rings (SSSR count). The molecule has 0 aliphatic heterocycles. The Hall–Kier alpha value is -1.30. The second-order valence-corrected chi connectivity index (χ2v) is 5.69. The molecule has 2 aromatic heterocycles. The van der Waals surface area contributed by atoms with Crippen LogP contribution in [0.1, 0.15) is 42.7 Å². The van der Waals surface area contributed by atoms with Gasteiger partial charge in [0.2, 0.25) is 0 Å². The predicted molar refractivity (Wildman–Crippen MR) is 80.0 cm³/mol. The van der Waals surface area contributed by atoms with E-state index < -0.39 is 6.10 Å². The van der Waals surface area contributed by atoms with Crippen molar-refractivity contribution in [1.29, 1.82) is 0 Å². The molecule has 7 heteroatoms. The van der Waals surface area contributed by atoms with Crippen molar-refractivity contribution >= 4 is 29.0 Å². The Balaban J connectivity index is 2.58. The van der Waals surface area contributed by atoms with Gasteiger partial charge in [0.15, 0.2) is 0 Å². The molecule has 0 saturated carbocycles. The summed E-state index contributed by atoms with van der Waals surface area (Å²) in [6, 6.07) is 1.59. The molecule has 0 amide bonds. The van der Waals surface area contributed by atoms with Crippen LogP contribution in [0.3, 0.4) is 0 Å². The van der Waals surface area contributed by atoms with Crippen LogP contribution in [0.4, 0.5) is 5.82 Å². The van der Waals surface area contributed by atoms with Gasteiger partial charge in [-0.2, -0.15) is 5.10 Å². The van der Waals surface area contributed by atoms with Crippen molar-refractivity contribution in [2.24, 2.45) is 7.05 Å². The van der Waals surface area contributed by atoms with Gasteiger partial charge in [-0.05, 0) is 12.0 Å². The quantitative estimate of drug-likeness (QED) is 0.913. The third kappa shape index (κ3) is 2.61. The second-order valence-electron chi connectivity index (χ2n) is 4.90. The van der Waals surface area contributed by atoms with Crippen LogP contribution in [-0.4, -0.2) is 19.9 Å². The van der Waals surface area contributed by atoms with Crippen LogP contribution in [0.2, 0.25) is 10.2 Å². The second kappa shape index (κ2) is 5.60. The molecule has 0 aromatic carbocycles. The van der Waals surface area contributed by atoms with Crippen molar-refractivity contribution < 1.29 is 5.11 Å². The van der Waals surface area contributed by atoms with Gasteiger partial charge in [0.05, 0.1) is 10.7 Å². The lowest BCUT2D eigenvalue weighted by Crippen LogP contribution is -2.08. The minimum Gasteiger partial charge on any atom is -0.383 e. The first-order chi connectivity index (χ1) is 9.32. The number of rotatable bonds is 3. The summed E-state index contributed by atoms with van der Waals surface area (Å²) in [5.74, 6) is 0.336. The Morgan fingerprint density at radius 1 is 1.35 bits per heavy atom. The van der Waals surface area contributed by atoms with Gasteiger partial charge in [-0.3, -0.25) is 4.68 Å². The molecule has 0 fully saturated rings. The molecule has 0 spiro atoms. The molecule has 2 heterocycles. The summed E-state index contributed by atoms with van der Waals surface area (Å²) in [5, 5.41) is 15.7. The first-order valence-electron chi connectivity index (χ1n) is 6.14. The normalized spacial score (nSPS) is 12.9. The lowest BCUT2D eigenvalue weighted by Gasteiger charge is -2.15. The number of hydrogen-bond acceptors (Lipinski definition) is 4. The van der Waals surface area contributed by atoms with E-state index in [2.05, 4.69) is 10.1 Å². The topological polar surface area (TPSA) is 77.0 Å². The van der Waals surface area contributed by atoms with Gasteiger partial charge < -0.3 is 10.8 Å². The van der Waals surface area contributed by atoms with Gasteiger partial charge in [0, 0.05) is 24.4 Å². The number of aryl methyl sites for hydroxylation is 1. The molecule has 1 unspecified atom stereocenters. The van der Waals surface area contributed by atoms with Crippen molar-refractivity contribution in [3.05, 3.63) is 39.3 Å². The van der Waals surface area contributed by atoms with E-state index in [0.29, 0.717) is 21.3 Å². The Morgan fingerprint density at radius 2 is 2.00 bits per heavy atom. The first kappa shape index (κ1) is 15.1. The monoisotopic (exact) mass is 314 g/mol. The van der Waals surface area contributed by atoms with Gasteiger partial charge in [0.1, 0.15) is 17.1 Å². The molecular formula is C13H16Cl2N4O. The maximum Gasteiger partial charge on any atom is 0.133 e. The van der Waals surface area contributed by atoms with E-state index in [9.17, 15) is 5.11 Å². The average molecular weight is 315 g/mol.